The van der Waals surface area contributed by atoms with E-state index in [9.17, 15) is 14.9 Å². The van der Waals surface area contributed by atoms with Gasteiger partial charge in [0.2, 0.25) is 0 Å². The highest BCUT2D eigenvalue weighted by Crippen LogP contribution is 2.40. The lowest BCUT2D eigenvalue weighted by atomic mass is 9.88. The smallest absolute Gasteiger partial charge is 0.278 e. The van der Waals surface area contributed by atoms with Crippen LogP contribution in [0.5, 0.6) is 5.75 Å². The number of benzene rings is 1. The number of hydrogen-bond acceptors (Lipinski definition) is 5. The molecule has 0 bridgehead atoms. The second-order valence-electron chi connectivity index (χ2n) is 7.35. The van der Waals surface area contributed by atoms with Gasteiger partial charge in [0.05, 0.1) is 11.3 Å². The van der Waals surface area contributed by atoms with E-state index in [0.29, 0.717) is 32.9 Å². The molecule has 1 aliphatic carbocycles. The molecule has 0 saturated heterocycles. The number of anilines is 2. The fourth-order valence-corrected chi connectivity index (χ4v) is 5.05. The van der Waals surface area contributed by atoms with Crippen LogP contribution in [-0.4, -0.2) is 17.4 Å². The van der Waals surface area contributed by atoms with Crippen molar-refractivity contribution < 1.29 is 14.3 Å². The maximum absolute atomic E-state index is 13.0. The van der Waals surface area contributed by atoms with Crippen LogP contribution in [0.25, 0.3) is 0 Å². The molecule has 2 aromatic rings. The van der Waals surface area contributed by atoms with Crippen molar-refractivity contribution >= 4 is 45.4 Å². The average molecular weight is 416 g/mol. The molecule has 6 nitrogen and oxygen atoms in total. The zero-order valence-corrected chi connectivity index (χ0v) is 17.0. The van der Waals surface area contributed by atoms with E-state index in [0.717, 1.165) is 29.7 Å². The number of hydrogen-bond donors (Lipinski definition) is 2. The molecule has 0 fully saturated rings. The molecule has 28 heavy (non-hydrogen) atoms. The van der Waals surface area contributed by atoms with Crippen LogP contribution in [0.2, 0.25) is 5.02 Å². The van der Waals surface area contributed by atoms with Crippen molar-refractivity contribution in [2.45, 2.75) is 38.7 Å². The van der Waals surface area contributed by atoms with Crippen LogP contribution in [0.1, 0.15) is 36.3 Å². The van der Waals surface area contributed by atoms with Gasteiger partial charge in [-0.2, -0.15) is 5.26 Å². The molecule has 1 aliphatic heterocycles. The molecule has 2 amide bonds. The number of thiophene rings is 1. The Hall–Kier alpha value is -2.56. The van der Waals surface area contributed by atoms with E-state index in [2.05, 4.69) is 23.6 Å². The molecule has 0 saturated carbocycles. The van der Waals surface area contributed by atoms with Crippen LogP contribution in [0.3, 0.4) is 0 Å². The maximum Gasteiger partial charge on any atom is 0.278 e. The summed E-state index contributed by atoms with van der Waals surface area (Å²) < 4.78 is 5.75. The van der Waals surface area contributed by atoms with Gasteiger partial charge in [-0.3, -0.25) is 9.59 Å². The number of amides is 2. The average Bonchev–Trinajstić information content (AvgIpc) is 2.98. The molecule has 2 N–H and O–H groups in total. The van der Waals surface area contributed by atoms with Gasteiger partial charge in [0.25, 0.3) is 17.4 Å². The normalized spacial score (nSPS) is 22.9. The molecule has 0 spiro atoms. The summed E-state index contributed by atoms with van der Waals surface area (Å²) in [5, 5.41) is 16.0. The molecular formula is C20H18ClN3O3S. The molecule has 1 aromatic carbocycles. The molecule has 0 radical (unpaired) electrons. The fourth-order valence-electron chi connectivity index (χ4n) is 3.53. The summed E-state index contributed by atoms with van der Waals surface area (Å²) in [5.74, 6) is -0.294. The van der Waals surface area contributed by atoms with Crippen molar-refractivity contribution in [3.05, 3.63) is 39.2 Å². The van der Waals surface area contributed by atoms with E-state index in [1.54, 1.807) is 18.2 Å². The van der Waals surface area contributed by atoms with Gasteiger partial charge < -0.3 is 15.4 Å². The number of carbonyl (C=O) groups is 2. The van der Waals surface area contributed by atoms with Crippen molar-refractivity contribution in [2.24, 2.45) is 5.92 Å². The molecule has 2 unspecified atom stereocenters. The van der Waals surface area contributed by atoms with E-state index in [4.69, 9.17) is 16.3 Å². The van der Waals surface area contributed by atoms with Crippen molar-refractivity contribution in [1.82, 2.24) is 0 Å². The first-order valence-corrected chi connectivity index (χ1v) is 10.2. The monoisotopic (exact) mass is 415 g/mol. The van der Waals surface area contributed by atoms with E-state index < -0.39 is 17.4 Å². The SMILES string of the molecule is CC1CCc2c(sc(NC(=O)C3(C)Oc4ccc(Cl)cc4NC3=O)c2C#N)C1. The van der Waals surface area contributed by atoms with Crippen molar-refractivity contribution in [3.63, 3.8) is 0 Å². The molecule has 2 aliphatic rings. The molecule has 1 aromatic heterocycles. The summed E-state index contributed by atoms with van der Waals surface area (Å²) in [4.78, 5) is 26.7. The van der Waals surface area contributed by atoms with Crippen LogP contribution in [0.15, 0.2) is 18.2 Å². The standard InChI is InChI=1S/C20H18ClN3O3S/c1-10-3-5-12-13(9-22)17(28-16(12)7-10)24-19(26)20(2)18(25)23-14-8-11(21)4-6-15(14)27-20/h4,6,8,10H,3,5,7H2,1-2H3,(H,23,25)(H,24,26). The number of halogens is 1. The Bertz CT molecular complexity index is 1040. The predicted molar refractivity (Wildman–Crippen MR) is 108 cm³/mol. The summed E-state index contributed by atoms with van der Waals surface area (Å²) in [6, 6.07) is 7.01. The van der Waals surface area contributed by atoms with Crippen LogP contribution in [-0.2, 0) is 22.4 Å². The highest BCUT2D eigenvalue weighted by atomic mass is 35.5. The lowest BCUT2D eigenvalue weighted by Crippen LogP contribution is -2.56. The third-order valence-electron chi connectivity index (χ3n) is 5.22. The highest BCUT2D eigenvalue weighted by Gasteiger charge is 2.47. The molecule has 8 heteroatoms. The van der Waals surface area contributed by atoms with Crippen LogP contribution in [0.4, 0.5) is 10.7 Å². The first-order valence-electron chi connectivity index (χ1n) is 8.98. The van der Waals surface area contributed by atoms with E-state index >= 15 is 0 Å². The number of nitrogens with zero attached hydrogens (tertiary/aromatic N) is 1. The molecule has 144 valence electrons. The van der Waals surface area contributed by atoms with Gasteiger partial charge in [0.15, 0.2) is 0 Å². The number of carbonyl (C=O) groups excluding carboxylic acids is 2. The molecule has 2 heterocycles. The number of nitriles is 1. The Balaban J connectivity index is 1.63. The van der Waals surface area contributed by atoms with Gasteiger partial charge >= 0.3 is 0 Å². The zero-order valence-electron chi connectivity index (χ0n) is 15.4. The first-order chi connectivity index (χ1) is 13.3. The summed E-state index contributed by atoms with van der Waals surface area (Å²) in [5.41, 5.74) is 0.166. The Labute approximate surface area is 171 Å². The molecular weight excluding hydrogens is 398 g/mol. The second kappa shape index (κ2) is 6.80. The van der Waals surface area contributed by atoms with Crippen LogP contribution < -0.4 is 15.4 Å². The summed E-state index contributed by atoms with van der Waals surface area (Å²) in [7, 11) is 0. The van der Waals surface area contributed by atoms with Gasteiger partial charge in [-0.05, 0) is 55.9 Å². The van der Waals surface area contributed by atoms with Gasteiger partial charge in [0.1, 0.15) is 16.8 Å². The Morgan fingerprint density at radius 3 is 3.04 bits per heavy atom. The van der Waals surface area contributed by atoms with Gasteiger partial charge in [-0.25, -0.2) is 0 Å². The lowest BCUT2D eigenvalue weighted by molar-refractivity contribution is -0.143. The minimum absolute atomic E-state index is 0.362. The highest BCUT2D eigenvalue weighted by molar-refractivity contribution is 7.16. The van der Waals surface area contributed by atoms with Gasteiger partial charge in [-0.1, -0.05) is 18.5 Å². The van der Waals surface area contributed by atoms with E-state index in [-0.39, 0.29) is 0 Å². The number of ether oxygens (including phenoxy) is 1. The Morgan fingerprint density at radius 2 is 2.29 bits per heavy atom. The molecule has 4 rings (SSSR count). The first kappa shape index (κ1) is 18.8. The van der Waals surface area contributed by atoms with Gasteiger partial charge in [0, 0.05) is 9.90 Å². The number of nitrogens with one attached hydrogen (secondary N) is 2. The Morgan fingerprint density at radius 1 is 1.50 bits per heavy atom. The third kappa shape index (κ3) is 3.03. The van der Waals surface area contributed by atoms with E-state index in [1.165, 1.54) is 18.3 Å². The van der Waals surface area contributed by atoms with Crippen molar-refractivity contribution in [1.29, 1.82) is 5.26 Å². The van der Waals surface area contributed by atoms with Crippen LogP contribution >= 0.6 is 22.9 Å². The minimum atomic E-state index is -1.76. The topological polar surface area (TPSA) is 91.2 Å². The van der Waals surface area contributed by atoms with Gasteiger partial charge in [-0.15, -0.1) is 11.3 Å². The second-order valence-corrected chi connectivity index (χ2v) is 8.89. The van der Waals surface area contributed by atoms with Crippen molar-refractivity contribution in [2.75, 3.05) is 10.6 Å². The lowest BCUT2D eigenvalue weighted by Gasteiger charge is -2.33. The third-order valence-corrected chi connectivity index (χ3v) is 6.63. The maximum atomic E-state index is 13.0. The fraction of sp³-hybridized carbons (Fsp3) is 0.350. The summed E-state index contributed by atoms with van der Waals surface area (Å²) >= 11 is 7.35. The van der Waals surface area contributed by atoms with Crippen molar-refractivity contribution in [3.8, 4) is 11.8 Å². The quantitative estimate of drug-likeness (QED) is 0.721. The Kier molecular flexibility index (Phi) is 4.56. The minimum Gasteiger partial charge on any atom is -0.466 e. The number of rotatable bonds is 2. The summed E-state index contributed by atoms with van der Waals surface area (Å²) in [6.45, 7) is 3.59. The summed E-state index contributed by atoms with van der Waals surface area (Å²) in [6.07, 6.45) is 2.75. The van der Waals surface area contributed by atoms with Crippen LogP contribution in [0, 0.1) is 17.2 Å². The zero-order chi connectivity index (χ0) is 20.1. The molecule has 2 atom stereocenters. The van der Waals surface area contributed by atoms with E-state index in [1.807, 2.05) is 0 Å². The number of fused-ring (bicyclic) bond motifs is 2. The predicted octanol–water partition coefficient (Wildman–Crippen LogP) is 4.13. The largest absolute Gasteiger partial charge is 0.466 e.